The first-order valence-electron chi connectivity index (χ1n) is 7.89. The van der Waals surface area contributed by atoms with Gasteiger partial charge in [0, 0.05) is 5.56 Å². The summed E-state index contributed by atoms with van der Waals surface area (Å²) in [7, 11) is -0.729. The van der Waals surface area contributed by atoms with E-state index in [9.17, 15) is 8.42 Å². The number of hydrogen-bond acceptors (Lipinski definition) is 6. The van der Waals surface area contributed by atoms with E-state index in [0.29, 0.717) is 22.8 Å². The number of nitrogens with one attached hydrogen (secondary N) is 1. The molecule has 7 nitrogen and oxygen atoms in total. The number of sulfonamides is 1. The summed E-state index contributed by atoms with van der Waals surface area (Å²) >= 11 is 0. The average Bonchev–Trinajstić information content (AvgIpc) is 2.61. The average molecular weight is 378 g/mol. The zero-order valence-electron chi connectivity index (χ0n) is 15.1. The van der Waals surface area contributed by atoms with E-state index in [1.165, 1.54) is 32.6 Å². The number of hydrogen-bond donors (Lipinski definition) is 1. The molecule has 0 radical (unpaired) electrons. The van der Waals surface area contributed by atoms with Crippen LogP contribution in [0.1, 0.15) is 19.4 Å². The van der Waals surface area contributed by atoms with E-state index < -0.39 is 10.0 Å². The summed E-state index contributed by atoms with van der Waals surface area (Å²) in [6, 6.07) is 11.3. The van der Waals surface area contributed by atoms with Gasteiger partial charge in [-0.25, -0.2) is 4.83 Å². The Labute approximate surface area is 153 Å². The lowest BCUT2D eigenvalue weighted by molar-refractivity contribution is 0.242. The van der Waals surface area contributed by atoms with Crippen molar-refractivity contribution in [3.05, 3.63) is 48.0 Å². The van der Waals surface area contributed by atoms with E-state index in [1.54, 1.807) is 30.3 Å². The summed E-state index contributed by atoms with van der Waals surface area (Å²) in [6.45, 7) is 3.79. The molecular weight excluding hydrogens is 356 g/mol. The lowest BCUT2D eigenvalue weighted by Crippen LogP contribution is -2.18. The molecular formula is C18H22N2O5S. The minimum Gasteiger partial charge on any atom is -0.497 e. The Hall–Kier alpha value is -2.74. The zero-order chi connectivity index (χ0) is 19.2. The van der Waals surface area contributed by atoms with Crippen molar-refractivity contribution in [3.8, 4) is 17.2 Å². The fraction of sp³-hybridized carbons (Fsp3) is 0.278. The lowest BCUT2D eigenvalue weighted by Gasteiger charge is -2.10. The van der Waals surface area contributed by atoms with Crippen LogP contribution in [0.3, 0.4) is 0 Å². The summed E-state index contributed by atoms with van der Waals surface area (Å²) in [5.41, 5.74) is 0.579. The SMILES string of the molecule is COc1ccc(OC)c(/C=N/NS(=O)(=O)c2ccc(OC(C)C)cc2)c1. The molecule has 2 aromatic rings. The third-order valence-corrected chi connectivity index (χ3v) is 4.56. The maximum atomic E-state index is 12.3. The Bertz CT molecular complexity index is 862. The topological polar surface area (TPSA) is 86.2 Å². The normalized spacial score (nSPS) is 11.6. The fourth-order valence-corrected chi connectivity index (χ4v) is 2.92. The van der Waals surface area contributed by atoms with Gasteiger partial charge in [0.2, 0.25) is 0 Å². The molecule has 0 aliphatic rings. The van der Waals surface area contributed by atoms with Gasteiger partial charge in [0.1, 0.15) is 17.2 Å². The smallest absolute Gasteiger partial charge is 0.276 e. The molecule has 0 saturated carbocycles. The van der Waals surface area contributed by atoms with Crippen molar-refractivity contribution in [1.82, 2.24) is 4.83 Å². The summed E-state index contributed by atoms with van der Waals surface area (Å²) < 4.78 is 40.5. The second-order valence-corrected chi connectivity index (χ2v) is 7.26. The fourth-order valence-electron chi connectivity index (χ4n) is 2.13. The number of ether oxygens (including phenoxy) is 3. The minimum absolute atomic E-state index is 0.0121. The van der Waals surface area contributed by atoms with Crippen LogP contribution in [-0.2, 0) is 10.0 Å². The molecule has 0 atom stereocenters. The molecule has 0 aliphatic heterocycles. The Morgan fingerprint density at radius 1 is 1.00 bits per heavy atom. The van der Waals surface area contributed by atoms with Crippen LogP contribution in [0.5, 0.6) is 17.2 Å². The number of rotatable bonds is 8. The highest BCUT2D eigenvalue weighted by atomic mass is 32.2. The molecule has 0 heterocycles. The van der Waals surface area contributed by atoms with Crippen LogP contribution < -0.4 is 19.0 Å². The van der Waals surface area contributed by atoms with Gasteiger partial charge in [-0.3, -0.25) is 0 Å². The quantitative estimate of drug-likeness (QED) is 0.564. The Kier molecular flexibility index (Phi) is 6.46. The van der Waals surface area contributed by atoms with Crippen LogP contribution in [0, 0.1) is 0 Å². The summed E-state index contributed by atoms with van der Waals surface area (Å²) in [4.78, 5) is 2.26. The predicted octanol–water partition coefficient (Wildman–Crippen LogP) is 2.80. The second-order valence-electron chi connectivity index (χ2n) is 5.60. The molecule has 26 heavy (non-hydrogen) atoms. The molecule has 140 valence electrons. The highest BCUT2D eigenvalue weighted by Gasteiger charge is 2.13. The van der Waals surface area contributed by atoms with Gasteiger partial charge in [0.05, 0.1) is 31.4 Å². The highest BCUT2D eigenvalue weighted by Crippen LogP contribution is 2.22. The number of benzene rings is 2. The monoisotopic (exact) mass is 378 g/mol. The largest absolute Gasteiger partial charge is 0.497 e. The van der Waals surface area contributed by atoms with Crippen LogP contribution in [0.15, 0.2) is 52.5 Å². The van der Waals surface area contributed by atoms with Crippen LogP contribution in [-0.4, -0.2) is 35.0 Å². The van der Waals surface area contributed by atoms with Gasteiger partial charge in [-0.05, 0) is 56.3 Å². The molecule has 0 saturated heterocycles. The van der Waals surface area contributed by atoms with E-state index in [1.807, 2.05) is 13.8 Å². The van der Waals surface area contributed by atoms with E-state index in [2.05, 4.69) is 9.93 Å². The van der Waals surface area contributed by atoms with Crippen LogP contribution in [0.2, 0.25) is 0 Å². The third kappa shape index (κ3) is 5.13. The molecule has 0 bridgehead atoms. The van der Waals surface area contributed by atoms with Gasteiger partial charge in [-0.2, -0.15) is 13.5 Å². The molecule has 8 heteroatoms. The second kappa shape index (κ2) is 8.57. The van der Waals surface area contributed by atoms with Crippen molar-refractivity contribution in [2.24, 2.45) is 5.10 Å². The summed E-state index contributed by atoms with van der Waals surface area (Å²) in [5, 5.41) is 3.81. The molecule has 1 N–H and O–H groups in total. The third-order valence-electron chi connectivity index (χ3n) is 3.32. The predicted molar refractivity (Wildman–Crippen MR) is 99.7 cm³/mol. The van der Waals surface area contributed by atoms with Gasteiger partial charge in [-0.1, -0.05) is 0 Å². The van der Waals surface area contributed by atoms with Crippen molar-refractivity contribution < 1.29 is 22.6 Å². The van der Waals surface area contributed by atoms with Crippen molar-refractivity contribution in [2.45, 2.75) is 24.8 Å². The molecule has 0 spiro atoms. The molecule has 0 fully saturated rings. The van der Waals surface area contributed by atoms with E-state index in [-0.39, 0.29) is 11.0 Å². The van der Waals surface area contributed by atoms with Gasteiger partial charge in [0.15, 0.2) is 0 Å². The van der Waals surface area contributed by atoms with Crippen LogP contribution in [0.25, 0.3) is 0 Å². The standard InChI is InChI=1S/C18H22N2O5S/c1-13(2)25-15-5-8-17(9-6-15)26(21,22)20-19-12-14-11-16(23-3)7-10-18(14)24-4/h5-13,20H,1-4H3/b19-12+. The van der Waals surface area contributed by atoms with Crippen LogP contribution in [0.4, 0.5) is 0 Å². The minimum atomic E-state index is -3.79. The number of methoxy groups -OCH3 is 2. The van der Waals surface area contributed by atoms with E-state index >= 15 is 0 Å². The lowest BCUT2D eigenvalue weighted by atomic mass is 10.2. The first kappa shape index (κ1) is 19.6. The highest BCUT2D eigenvalue weighted by molar-refractivity contribution is 7.89. The maximum Gasteiger partial charge on any atom is 0.276 e. The molecule has 0 unspecified atom stereocenters. The first-order chi connectivity index (χ1) is 12.4. The van der Waals surface area contributed by atoms with Gasteiger partial charge < -0.3 is 14.2 Å². The Morgan fingerprint density at radius 2 is 1.65 bits per heavy atom. The van der Waals surface area contributed by atoms with E-state index in [0.717, 1.165) is 0 Å². The van der Waals surface area contributed by atoms with Gasteiger partial charge >= 0.3 is 0 Å². The first-order valence-corrected chi connectivity index (χ1v) is 9.37. The van der Waals surface area contributed by atoms with Gasteiger partial charge in [-0.15, -0.1) is 0 Å². The van der Waals surface area contributed by atoms with Crippen molar-refractivity contribution in [2.75, 3.05) is 14.2 Å². The van der Waals surface area contributed by atoms with Crippen molar-refractivity contribution in [1.29, 1.82) is 0 Å². The molecule has 0 aliphatic carbocycles. The van der Waals surface area contributed by atoms with Crippen molar-refractivity contribution in [3.63, 3.8) is 0 Å². The summed E-state index contributed by atoms with van der Waals surface area (Å²) in [6.07, 6.45) is 1.37. The van der Waals surface area contributed by atoms with Crippen molar-refractivity contribution >= 4 is 16.2 Å². The Morgan fingerprint density at radius 3 is 2.23 bits per heavy atom. The van der Waals surface area contributed by atoms with Crippen LogP contribution >= 0.6 is 0 Å². The molecule has 2 aromatic carbocycles. The molecule has 0 amide bonds. The Balaban J connectivity index is 2.13. The maximum absolute atomic E-state index is 12.3. The molecule has 2 rings (SSSR count). The number of nitrogens with zero attached hydrogens (tertiary/aromatic N) is 1. The zero-order valence-corrected chi connectivity index (χ0v) is 15.9. The molecule has 0 aromatic heterocycles. The number of hydrazone groups is 1. The van der Waals surface area contributed by atoms with E-state index in [4.69, 9.17) is 14.2 Å². The summed E-state index contributed by atoms with van der Waals surface area (Å²) in [5.74, 6) is 1.75. The van der Waals surface area contributed by atoms with Gasteiger partial charge in [0.25, 0.3) is 10.0 Å².